The molecule has 0 spiro atoms. The molecule has 13 N–H and O–H groups in total. The first-order valence-corrected chi connectivity index (χ1v) is 27.7. The second-order valence-electron chi connectivity index (χ2n) is 19.7. The minimum absolute atomic E-state index is 0.0772. The largest absolute Gasteiger partial charge is 0.494 e. The smallest absolute Gasteiger partial charge is 0.399 e. The topological polar surface area (TPSA) is 425 Å². The molecule has 20 unspecified atom stereocenters. The lowest BCUT2D eigenvalue weighted by Gasteiger charge is -2.51. The zero-order chi connectivity index (χ0) is 58.1. The Labute approximate surface area is 457 Å². The van der Waals surface area contributed by atoms with Gasteiger partial charge in [0.05, 0.1) is 40.1 Å². The predicted molar refractivity (Wildman–Crippen MR) is 268 cm³/mol. The molecule has 79 heavy (non-hydrogen) atoms. The number of nitrogens with one attached hydrogen (secondary N) is 4. The molecule has 0 aromatic heterocycles. The summed E-state index contributed by atoms with van der Waals surface area (Å²) in [5.41, 5.74) is 0.0772. The summed E-state index contributed by atoms with van der Waals surface area (Å²) in [6, 6.07) is -0.505. The Morgan fingerprint density at radius 1 is 0.557 bits per heavy atom. The third-order valence-electron chi connectivity index (χ3n) is 13.8. The molecule has 0 aliphatic carbocycles. The van der Waals surface area contributed by atoms with Crippen molar-refractivity contribution in [3.05, 3.63) is 29.8 Å². The highest BCUT2D eigenvalue weighted by atomic mass is 32.3. The molecule has 29 nitrogen and oxygen atoms in total. The van der Waals surface area contributed by atoms with Gasteiger partial charge in [0.25, 0.3) is 5.91 Å². The normalized spacial score (nSPS) is 35.0. The third-order valence-corrected chi connectivity index (χ3v) is 14.6. The van der Waals surface area contributed by atoms with Crippen LogP contribution in [0.5, 0.6) is 5.75 Å². The number of carbonyl (C=O) groups excluding carboxylic acids is 4. The van der Waals surface area contributed by atoms with Gasteiger partial charge in [-0.05, 0) is 24.6 Å². The quantitative estimate of drug-likeness (QED) is 0.0340. The van der Waals surface area contributed by atoms with E-state index in [1.807, 2.05) is 0 Å². The minimum Gasteiger partial charge on any atom is -0.494 e. The van der Waals surface area contributed by atoms with E-state index in [9.17, 15) is 73.6 Å². The van der Waals surface area contributed by atoms with Gasteiger partial charge >= 0.3 is 10.4 Å². The molecule has 4 aliphatic rings. The Morgan fingerprint density at radius 2 is 1.00 bits per heavy atom. The summed E-state index contributed by atoms with van der Waals surface area (Å²) >= 11 is 0. The summed E-state index contributed by atoms with van der Waals surface area (Å²) in [6.45, 7) is 1.90. The van der Waals surface area contributed by atoms with Crippen molar-refractivity contribution in [3.8, 4) is 5.75 Å². The number of aliphatic hydroxyl groups is 9. The Hall–Kier alpha value is -3.87. The summed E-state index contributed by atoms with van der Waals surface area (Å²) in [7, 11) is -3.87. The number of ether oxygens (including phenoxy) is 8. The van der Waals surface area contributed by atoms with Crippen LogP contribution in [-0.4, -0.2) is 241 Å². The third kappa shape index (κ3) is 18.3. The predicted octanol–water partition coefficient (Wildman–Crippen LogP) is -4.05. The molecule has 30 heteroatoms. The average molecular weight is 1160 g/mol. The van der Waals surface area contributed by atoms with Crippen LogP contribution >= 0.6 is 0 Å². The van der Waals surface area contributed by atoms with Crippen LogP contribution in [0.15, 0.2) is 24.3 Å². The van der Waals surface area contributed by atoms with Crippen LogP contribution in [0.4, 0.5) is 0 Å². The van der Waals surface area contributed by atoms with Crippen LogP contribution in [0.25, 0.3) is 0 Å². The van der Waals surface area contributed by atoms with E-state index < -0.39 is 183 Å². The van der Waals surface area contributed by atoms with E-state index in [0.717, 1.165) is 53.6 Å². The highest BCUT2D eigenvalue weighted by molar-refractivity contribution is 7.81. The molecule has 4 heterocycles. The SMILES string of the molecule is CCCCCCCCCCCOc1cccc(C(=O)NC2C(OC3C(CO)OC(OC4C(CO)OC(OC5C(COS(=O)(=O)OC)OC(O)C(NC(C)=O)C5O)C(NC(C)=O)C4O)C(NC(C)=O)C3O)OC(CO)C(O)C2O)c1. The van der Waals surface area contributed by atoms with Crippen LogP contribution in [0.2, 0.25) is 0 Å². The number of benzene rings is 1. The Morgan fingerprint density at radius 3 is 1.48 bits per heavy atom. The molecule has 4 amide bonds. The van der Waals surface area contributed by atoms with Crippen molar-refractivity contribution in [3.63, 3.8) is 0 Å². The van der Waals surface area contributed by atoms with E-state index in [1.165, 1.54) is 44.2 Å². The average Bonchev–Trinajstić information content (AvgIpc) is 3.41. The molecule has 5 rings (SSSR count). The Kier molecular flexibility index (Phi) is 26.3. The van der Waals surface area contributed by atoms with Gasteiger partial charge in [0.1, 0.15) is 103 Å². The van der Waals surface area contributed by atoms with Gasteiger partial charge in [-0.1, -0.05) is 64.4 Å². The lowest BCUT2D eigenvalue weighted by molar-refractivity contribution is -0.361. The van der Waals surface area contributed by atoms with Gasteiger partial charge < -0.3 is 105 Å². The van der Waals surface area contributed by atoms with Gasteiger partial charge in [0.2, 0.25) is 17.7 Å². The molecule has 0 bridgehead atoms. The summed E-state index contributed by atoms with van der Waals surface area (Å²) in [4.78, 5) is 51.3. The van der Waals surface area contributed by atoms with Crippen molar-refractivity contribution in [1.82, 2.24) is 21.3 Å². The fourth-order valence-electron chi connectivity index (χ4n) is 9.69. The lowest BCUT2D eigenvalue weighted by atomic mass is 9.93. The van der Waals surface area contributed by atoms with Crippen molar-refractivity contribution in [1.29, 1.82) is 0 Å². The molecule has 4 aliphatic heterocycles. The molecule has 452 valence electrons. The number of aliphatic hydroxyl groups excluding tert-OH is 9. The van der Waals surface area contributed by atoms with Crippen LogP contribution < -0.4 is 26.0 Å². The van der Waals surface area contributed by atoms with Gasteiger partial charge in [-0.3, -0.25) is 23.4 Å². The van der Waals surface area contributed by atoms with Crippen LogP contribution in [0.3, 0.4) is 0 Å². The molecule has 20 atom stereocenters. The van der Waals surface area contributed by atoms with Crippen molar-refractivity contribution < 1.29 is 120 Å². The second kappa shape index (κ2) is 31.5. The molecule has 0 radical (unpaired) electrons. The molecule has 1 aromatic carbocycles. The zero-order valence-electron chi connectivity index (χ0n) is 44.7. The standard InChI is InChI=1S/C49H80N4O25S/c1-6-7-8-9-10-11-12-13-14-18-70-28-17-15-16-27(19-28)45(65)53-34-38(61)37(60)29(20-54)73-47(34)76-42-30(21-55)74-48(35(40(42)63)51-25(3)58)77-43-31(22-56)75-49(36(41(43)64)52-26(4)59)78-44-32(23-71-79(67,68)69-5)72-46(66)33(39(44)62)50-24(2)57/h15-17,19,29-44,46-49,54-56,60-64,66H,6-14,18,20-23H2,1-5H3,(H,50,57)(H,51,58)(H,52,59)(H,53,65). The molecular weight excluding hydrogens is 1080 g/mol. The van der Waals surface area contributed by atoms with Crippen LogP contribution in [-0.2, 0) is 66.3 Å². The van der Waals surface area contributed by atoms with Crippen molar-refractivity contribution >= 4 is 34.0 Å². The van der Waals surface area contributed by atoms with Crippen molar-refractivity contribution in [2.24, 2.45) is 0 Å². The number of rotatable bonds is 29. The van der Waals surface area contributed by atoms with Crippen LogP contribution in [0, 0.1) is 0 Å². The van der Waals surface area contributed by atoms with Crippen molar-refractivity contribution in [2.45, 2.75) is 208 Å². The highest BCUT2D eigenvalue weighted by Crippen LogP contribution is 2.35. The van der Waals surface area contributed by atoms with Crippen LogP contribution in [0.1, 0.15) is 95.8 Å². The number of unbranched alkanes of at least 4 members (excludes halogenated alkanes) is 8. The maximum atomic E-state index is 13.8. The molecular formula is C49H80N4O25S. The molecule has 4 saturated heterocycles. The first-order chi connectivity index (χ1) is 37.6. The first-order valence-electron chi connectivity index (χ1n) is 26.4. The zero-order valence-corrected chi connectivity index (χ0v) is 45.5. The molecule has 1 aromatic rings. The highest BCUT2D eigenvalue weighted by Gasteiger charge is 2.56. The van der Waals surface area contributed by atoms with Gasteiger partial charge in [0.15, 0.2) is 25.2 Å². The minimum atomic E-state index is -4.66. The van der Waals surface area contributed by atoms with E-state index in [1.54, 1.807) is 12.1 Å². The summed E-state index contributed by atoms with van der Waals surface area (Å²) in [6.07, 6.45) is -19.1. The van der Waals surface area contributed by atoms with Gasteiger partial charge in [-0.2, -0.15) is 8.42 Å². The second-order valence-corrected chi connectivity index (χ2v) is 21.1. The number of hydrogen-bond donors (Lipinski definition) is 13. The Balaban J connectivity index is 1.34. The maximum Gasteiger partial charge on any atom is 0.399 e. The first kappa shape index (κ1) is 65.9. The fraction of sp³-hybridized carbons (Fsp3) is 0.796. The summed E-state index contributed by atoms with van der Waals surface area (Å²) in [5, 5.41) is 110. The molecule has 4 fully saturated rings. The lowest BCUT2D eigenvalue weighted by Crippen LogP contribution is -2.71. The van der Waals surface area contributed by atoms with Gasteiger partial charge in [0, 0.05) is 26.3 Å². The maximum absolute atomic E-state index is 13.8. The fourth-order valence-corrected chi connectivity index (χ4v) is 10.1. The number of carbonyl (C=O) groups is 4. The number of hydrogen-bond acceptors (Lipinski definition) is 25. The van der Waals surface area contributed by atoms with Gasteiger partial charge in [-0.25, -0.2) is 4.18 Å². The van der Waals surface area contributed by atoms with E-state index >= 15 is 0 Å². The molecule has 0 saturated carbocycles. The monoisotopic (exact) mass is 1160 g/mol. The van der Waals surface area contributed by atoms with Gasteiger partial charge in [-0.15, -0.1) is 0 Å². The van der Waals surface area contributed by atoms with E-state index in [0.29, 0.717) is 12.4 Å². The summed E-state index contributed by atoms with van der Waals surface area (Å²) < 4.78 is 80.9. The van der Waals surface area contributed by atoms with E-state index in [4.69, 9.17) is 42.1 Å². The number of amides is 4. The van der Waals surface area contributed by atoms with Crippen molar-refractivity contribution in [2.75, 3.05) is 40.1 Å². The summed E-state index contributed by atoms with van der Waals surface area (Å²) in [5.74, 6) is -2.75. The van der Waals surface area contributed by atoms with E-state index in [-0.39, 0.29) is 5.56 Å². The van der Waals surface area contributed by atoms with E-state index in [2.05, 4.69) is 32.4 Å². The Bertz CT molecular complexity index is 2190.